The highest BCUT2D eigenvalue weighted by molar-refractivity contribution is 6.12. The number of hydrogen-bond donors (Lipinski definition) is 0. The Bertz CT molecular complexity index is 4860. The van der Waals surface area contributed by atoms with Crippen molar-refractivity contribution in [1.82, 2.24) is 49.4 Å². The first kappa shape index (κ1) is 49.8. The summed E-state index contributed by atoms with van der Waals surface area (Å²) in [6, 6.07) is 94.4. The summed E-state index contributed by atoms with van der Waals surface area (Å²) >= 11 is 0. The van der Waals surface area contributed by atoms with Gasteiger partial charge < -0.3 is 8.98 Å². The van der Waals surface area contributed by atoms with Crippen molar-refractivity contribution in [3.05, 3.63) is 279 Å². The molecule has 86 heavy (non-hydrogen) atoms. The van der Waals surface area contributed by atoms with Crippen LogP contribution in [0.3, 0.4) is 0 Å². The van der Waals surface area contributed by atoms with Crippen LogP contribution < -0.4 is 0 Å². The molecule has 0 saturated heterocycles. The summed E-state index contributed by atoms with van der Waals surface area (Å²) in [5.41, 5.74) is 13.7. The van der Waals surface area contributed by atoms with Crippen molar-refractivity contribution in [1.29, 1.82) is 0 Å². The number of fused-ring (bicyclic) bond motifs is 6. The molecule has 0 fully saturated rings. The van der Waals surface area contributed by atoms with Crippen LogP contribution in [0.5, 0.6) is 0 Å². The predicted octanol–water partition coefficient (Wildman–Crippen LogP) is 17.9. The molecule has 0 N–H and O–H groups in total. The highest BCUT2D eigenvalue weighted by Crippen LogP contribution is 2.42. The van der Waals surface area contributed by atoms with E-state index in [4.69, 9.17) is 49.3 Å². The van der Waals surface area contributed by atoms with Gasteiger partial charge in [-0.15, -0.1) is 0 Å². The molecule has 0 atom stereocenters. The second-order valence-electron chi connectivity index (χ2n) is 21.0. The zero-order chi connectivity index (χ0) is 56.9. The zero-order valence-electron chi connectivity index (χ0n) is 45.9. The molecule has 0 aliphatic heterocycles. The molecule has 11 heteroatoms. The van der Waals surface area contributed by atoms with Crippen LogP contribution in [0.15, 0.2) is 283 Å². The van der Waals surface area contributed by atoms with Crippen LogP contribution in [-0.4, -0.2) is 49.4 Å². The van der Waals surface area contributed by atoms with Gasteiger partial charge in [-0.25, -0.2) is 44.9 Å². The van der Waals surface area contributed by atoms with E-state index >= 15 is 0 Å². The number of furan rings is 1. The van der Waals surface area contributed by atoms with Gasteiger partial charge in [0.05, 0.1) is 16.7 Å². The van der Waals surface area contributed by atoms with Gasteiger partial charge in [0.15, 0.2) is 52.4 Å². The maximum absolute atomic E-state index is 6.50. The highest BCUT2D eigenvalue weighted by atomic mass is 16.3. The van der Waals surface area contributed by atoms with E-state index in [2.05, 4.69) is 83.4 Å². The normalized spacial score (nSPS) is 11.5. The van der Waals surface area contributed by atoms with Gasteiger partial charge in [-0.3, -0.25) is 0 Å². The van der Waals surface area contributed by atoms with Crippen molar-refractivity contribution in [3.63, 3.8) is 0 Å². The zero-order valence-corrected chi connectivity index (χ0v) is 45.9. The molecule has 16 rings (SSSR count). The number of para-hydroxylation sites is 1. The fourth-order valence-corrected chi connectivity index (χ4v) is 11.4. The minimum Gasteiger partial charge on any atom is -0.456 e. The lowest BCUT2D eigenvalue weighted by Crippen LogP contribution is -2.04. The molecule has 11 aromatic carbocycles. The van der Waals surface area contributed by atoms with Gasteiger partial charge in [0, 0.05) is 71.6 Å². The van der Waals surface area contributed by atoms with E-state index in [0.717, 1.165) is 111 Å². The van der Waals surface area contributed by atoms with E-state index in [9.17, 15) is 0 Å². The molecular formula is C75H46N10O. The van der Waals surface area contributed by atoms with Crippen molar-refractivity contribution in [2.75, 3.05) is 0 Å². The monoisotopic (exact) mass is 1100 g/mol. The lowest BCUT2D eigenvalue weighted by molar-refractivity contribution is 0.669. The van der Waals surface area contributed by atoms with Crippen molar-refractivity contribution >= 4 is 43.7 Å². The highest BCUT2D eigenvalue weighted by Gasteiger charge is 2.24. The average molecular weight is 1100 g/mol. The molecule has 0 radical (unpaired) electrons. The van der Waals surface area contributed by atoms with Crippen molar-refractivity contribution in [3.8, 4) is 119 Å². The smallest absolute Gasteiger partial charge is 0.166 e. The fourth-order valence-electron chi connectivity index (χ4n) is 11.4. The summed E-state index contributed by atoms with van der Waals surface area (Å²) in [5.74, 6) is 4.89. The van der Waals surface area contributed by atoms with Gasteiger partial charge >= 0.3 is 0 Å². The topological polar surface area (TPSA) is 134 Å². The average Bonchev–Trinajstić information content (AvgIpc) is 2.15. The third kappa shape index (κ3) is 9.18. The molecule has 0 aliphatic carbocycles. The number of hydrogen-bond acceptors (Lipinski definition) is 10. The Balaban J connectivity index is 0.983. The standard InChI is InChI=1S/C75H46N10O/c1-7-21-47(22-8-1)67-76-68(48-23-9-2-10-24-48)80-73(79-67)55-36-39-57-58-40-37-56(74-81-69(49-25-11-3-12-26-49)77-70(82-74)50-27-13-4-14-28-50)45-64(58)85(63(57)44-55)62-42-38-53(54-35-41-60-59-33-19-20-34-65(59)86-66(60)46-54)43-61(62)75-83-71(51-29-15-5-16-30-51)78-72(84-75)52-31-17-6-18-32-52/h1-46H. The molecule has 0 aliphatic rings. The fraction of sp³-hybridized carbons (Fsp3) is 0. The van der Waals surface area contributed by atoms with E-state index in [-0.39, 0.29) is 0 Å². The van der Waals surface area contributed by atoms with Crippen molar-refractivity contribution < 1.29 is 4.42 Å². The largest absolute Gasteiger partial charge is 0.456 e. The molecule has 402 valence electrons. The first-order valence-electron chi connectivity index (χ1n) is 28.3. The van der Waals surface area contributed by atoms with E-state index in [1.165, 1.54) is 0 Å². The molecule has 0 spiro atoms. The maximum Gasteiger partial charge on any atom is 0.166 e. The van der Waals surface area contributed by atoms with Crippen LogP contribution >= 0.6 is 0 Å². The van der Waals surface area contributed by atoms with Gasteiger partial charge in [0.1, 0.15) is 11.2 Å². The summed E-state index contributed by atoms with van der Waals surface area (Å²) in [4.78, 5) is 47.0. The Hall–Kier alpha value is -12.0. The third-order valence-electron chi connectivity index (χ3n) is 15.6. The van der Waals surface area contributed by atoms with Gasteiger partial charge in [-0.2, -0.15) is 0 Å². The van der Waals surface area contributed by atoms with Gasteiger partial charge in [-0.05, 0) is 53.6 Å². The molecule has 0 amide bonds. The van der Waals surface area contributed by atoms with E-state index in [0.29, 0.717) is 52.4 Å². The first-order chi connectivity index (χ1) is 42.6. The number of rotatable bonds is 11. The van der Waals surface area contributed by atoms with E-state index in [1.807, 2.05) is 200 Å². The summed E-state index contributed by atoms with van der Waals surface area (Å²) in [6.45, 7) is 0. The Labute approximate surface area is 493 Å². The molecule has 0 bridgehead atoms. The Morgan fingerprint density at radius 3 is 0.919 bits per heavy atom. The lowest BCUT2D eigenvalue weighted by atomic mass is 9.99. The minimum atomic E-state index is 0.483. The summed E-state index contributed by atoms with van der Waals surface area (Å²) in [5, 5.41) is 4.11. The molecule has 0 saturated carbocycles. The van der Waals surface area contributed by atoms with Crippen LogP contribution in [0.4, 0.5) is 0 Å². The van der Waals surface area contributed by atoms with E-state index in [1.54, 1.807) is 0 Å². The second kappa shape index (κ2) is 21.1. The van der Waals surface area contributed by atoms with E-state index < -0.39 is 0 Å². The Kier molecular flexibility index (Phi) is 12.2. The Morgan fingerprint density at radius 2 is 0.512 bits per heavy atom. The van der Waals surface area contributed by atoms with Crippen molar-refractivity contribution in [2.45, 2.75) is 0 Å². The van der Waals surface area contributed by atoms with Gasteiger partial charge in [0.25, 0.3) is 0 Å². The molecule has 5 heterocycles. The quantitative estimate of drug-likeness (QED) is 0.123. The Morgan fingerprint density at radius 1 is 0.209 bits per heavy atom. The molecule has 0 unspecified atom stereocenters. The maximum atomic E-state index is 6.50. The minimum absolute atomic E-state index is 0.483. The number of nitrogens with zero attached hydrogens (tertiary/aromatic N) is 10. The summed E-state index contributed by atoms with van der Waals surface area (Å²) < 4.78 is 8.81. The molecule has 5 aromatic heterocycles. The first-order valence-corrected chi connectivity index (χ1v) is 28.3. The summed E-state index contributed by atoms with van der Waals surface area (Å²) in [6.07, 6.45) is 0. The van der Waals surface area contributed by atoms with Crippen LogP contribution in [0.2, 0.25) is 0 Å². The van der Waals surface area contributed by atoms with Crippen LogP contribution in [0, 0.1) is 0 Å². The predicted molar refractivity (Wildman–Crippen MR) is 343 cm³/mol. The lowest BCUT2D eigenvalue weighted by Gasteiger charge is -2.17. The van der Waals surface area contributed by atoms with Crippen LogP contribution in [0.25, 0.3) is 163 Å². The SMILES string of the molecule is c1ccc(-c2nc(-c3ccccc3)nc(-c3ccc4c5ccc(-c6nc(-c7ccccc7)nc(-c7ccccc7)n6)cc5n(-c5ccc(-c6ccc7c(c6)oc6ccccc67)cc5-c5nc(-c6ccccc6)nc(-c6ccccc6)n5)c4c3)n2)cc1. The molecular weight excluding hydrogens is 1060 g/mol. The molecule has 16 aromatic rings. The number of benzene rings is 11. The van der Waals surface area contributed by atoms with Gasteiger partial charge in [-0.1, -0.05) is 237 Å². The second-order valence-corrected chi connectivity index (χ2v) is 21.0. The number of aromatic nitrogens is 10. The van der Waals surface area contributed by atoms with Crippen LogP contribution in [0.1, 0.15) is 0 Å². The third-order valence-corrected chi connectivity index (χ3v) is 15.6. The summed E-state index contributed by atoms with van der Waals surface area (Å²) in [7, 11) is 0. The van der Waals surface area contributed by atoms with Gasteiger partial charge in [0.2, 0.25) is 0 Å². The molecule has 11 nitrogen and oxygen atoms in total. The van der Waals surface area contributed by atoms with Crippen LogP contribution in [-0.2, 0) is 0 Å². The van der Waals surface area contributed by atoms with Crippen molar-refractivity contribution in [2.24, 2.45) is 0 Å².